The quantitative estimate of drug-likeness (QED) is 0.780. The molecule has 1 aromatic carbocycles. The number of nitrogens with one attached hydrogen (secondary N) is 1. The van der Waals surface area contributed by atoms with Crippen LogP contribution in [0.2, 0.25) is 0 Å². The number of likely N-dealkylation sites (N-methyl/N-ethyl adjacent to an activating group) is 1. The summed E-state index contributed by atoms with van der Waals surface area (Å²) in [5.41, 5.74) is 2.63. The molecule has 0 bridgehead atoms. The van der Waals surface area contributed by atoms with Crippen molar-refractivity contribution >= 4 is 22.5 Å². The molecule has 2 nitrogen and oxygen atoms in total. The van der Waals surface area contributed by atoms with Crippen molar-refractivity contribution in [2.24, 2.45) is 0 Å². The van der Waals surface area contributed by atoms with Crippen LogP contribution in [0, 0.1) is 0 Å². The summed E-state index contributed by atoms with van der Waals surface area (Å²) >= 11 is 5.69. The lowest BCUT2D eigenvalue weighted by Crippen LogP contribution is -2.22. The van der Waals surface area contributed by atoms with Gasteiger partial charge in [0.05, 0.1) is 0 Å². The predicted octanol–water partition coefficient (Wildman–Crippen LogP) is 3.27. The van der Waals surface area contributed by atoms with E-state index in [9.17, 15) is 0 Å². The van der Waals surface area contributed by atoms with Crippen LogP contribution in [0.1, 0.15) is 12.0 Å². The van der Waals surface area contributed by atoms with Crippen LogP contribution in [0.5, 0.6) is 0 Å². The Bertz CT molecular complexity index is 464. The summed E-state index contributed by atoms with van der Waals surface area (Å²) in [7, 11) is 2.15. The Morgan fingerprint density at radius 2 is 2.06 bits per heavy atom. The summed E-state index contributed by atoms with van der Waals surface area (Å²) in [4.78, 5) is 5.65. The van der Waals surface area contributed by atoms with Crippen LogP contribution in [0.25, 0.3) is 10.9 Å². The first kappa shape index (κ1) is 12.5. The van der Waals surface area contributed by atoms with Gasteiger partial charge in [0.15, 0.2) is 0 Å². The predicted molar refractivity (Wildman–Crippen MR) is 74.8 cm³/mol. The second-order valence-electron chi connectivity index (χ2n) is 4.46. The molecule has 0 radical (unpaired) electrons. The average Bonchev–Trinajstić information content (AvgIpc) is 2.77. The molecular weight excluding hydrogens is 232 g/mol. The number of hydrogen-bond acceptors (Lipinski definition) is 1. The smallest absolute Gasteiger partial charge is 0.0456 e. The highest BCUT2D eigenvalue weighted by atomic mass is 35.5. The van der Waals surface area contributed by atoms with E-state index in [1.165, 1.54) is 16.5 Å². The number of aromatic nitrogens is 1. The first-order valence-corrected chi connectivity index (χ1v) is 6.64. The van der Waals surface area contributed by atoms with Crippen molar-refractivity contribution in [1.82, 2.24) is 9.88 Å². The van der Waals surface area contributed by atoms with Crippen LogP contribution in [0.4, 0.5) is 0 Å². The molecule has 0 spiro atoms. The van der Waals surface area contributed by atoms with Gasteiger partial charge in [-0.15, -0.1) is 11.6 Å². The number of para-hydroxylation sites is 1. The van der Waals surface area contributed by atoms with Crippen molar-refractivity contribution in [3.05, 3.63) is 36.0 Å². The number of fused-ring (bicyclic) bond motifs is 1. The van der Waals surface area contributed by atoms with Crippen molar-refractivity contribution in [2.45, 2.75) is 12.8 Å². The monoisotopic (exact) mass is 250 g/mol. The van der Waals surface area contributed by atoms with Gasteiger partial charge in [-0.25, -0.2) is 0 Å². The molecule has 0 saturated heterocycles. The number of aromatic amines is 1. The summed E-state index contributed by atoms with van der Waals surface area (Å²) in [6.45, 7) is 2.16. The summed E-state index contributed by atoms with van der Waals surface area (Å²) in [5, 5.41) is 1.35. The molecule has 2 rings (SSSR count). The maximum absolute atomic E-state index is 5.69. The van der Waals surface area contributed by atoms with E-state index in [2.05, 4.69) is 47.4 Å². The molecule has 92 valence electrons. The van der Waals surface area contributed by atoms with E-state index in [1.54, 1.807) is 0 Å². The number of benzene rings is 1. The highest BCUT2D eigenvalue weighted by Gasteiger charge is 2.04. The molecule has 0 saturated carbocycles. The van der Waals surface area contributed by atoms with Gasteiger partial charge in [-0.2, -0.15) is 0 Å². The molecule has 0 atom stereocenters. The third-order valence-electron chi connectivity index (χ3n) is 3.11. The van der Waals surface area contributed by atoms with Gasteiger partial charge in [0.2, 0.25) is 0 Å². The third kappa shape index (κ3) is 3.24. The Balaban J connectivity index is 1.95. The SMILES string of the molecule is CN(CCCCl)CCc1c[nH]c2ccccc12. The van der Waals surface area contributed by atoms with Gasteiger partial charge in [-0.05, 0) is 38.1 Å². The van der Waals surface area contributed by atoms with Gasteiger partial charge >= 0.3 is 0 Å². The molecule has 17 heavy (non-hydrogen) atoms. The van der Waals surface area contributed by atoms with E-state index in [0.29, 0.717) is 0 Å². The molecule has 0 aliphatic rings. The molecule has 2 aromatic rings. The molecular formula is C14H19ClN2. The number of alkyl halides is 1. The lowest BCUT2D eigenvalue weighted by atomic mass is 10.1. The Labute approximate surface area is 108 Å². The molecule has 1 aromatic heterocycles. The van der Waals surface area contributed by atoms with Crippen molar-refractivity contribution in [3.63, 3.8) is 0 Å². The van der Waals surface area contributed by atoms with Gasteiger partial charge in [0.1, 0.15) is 0 Å². The van der Waals surface area contributed by atoms with Crippen LogP contribution in [-0.2, 0) is 6.42 Å². The summed E-state index contributed by atoms with van der Waals surface area (Å²) in [5.74, 6) is 0.747. The Morgan fingerprint density at radius 3 is 2.88 bits per heavy atom. The zero-order valence-electron chi connectivity index (χ0n) is 10.2. The summed E-state index contributed by atoms with van der Waals surface area (Å²) in [6, 6.07) is 8.46. The molecule has 0 unspecified atom stereocenters. The second-order valence-corrected chi connectivity index (χ2v) is 4.83. The third-order valence-corrected chi connectivity index (χ3v) is 3.38. The fourth-order valence-corrected chi connectivity index (χ4v) is 2.21. The van der Waals surface area contributed by atoms with Crippen molar-refractivity contribution in [2.75, 3.05) is 26.0 Å². The minimum atomic E-state index is 0.747. The maximum Gasteiger partial charge on any atom is 0.0456 e. The van der Waals surface area contributed by atoms with Gasteiger partial charge < -0.3 is 9.88 Å². The Morgan fingerprint density at radius 1 is 1.24 bits per heavy atom. The number of H-pyrrole nitrogens is 1. The van der Waals surface area contributed by atoms with Crippen molar-refractivity contribution in [1.29, 1.82) is 0 Å². The van der Waals surface area contributed by atoms with Crippen LogP contribution in [-0.4, -0.2) is 35.9 Å². The molecule has 1 heterocycles. The van der Waals surface area contributed by atoms with Crippen molar-refractivity contribution in [3.8, 4) is 0 Å². The number of hydrogen-bond donors (Lipinski definition) is 1. The fourth-order valence-electron chi connectivity index (χ4n) is 2.09. The van der Waals surface area contributed by atoms with Gasteiger partial charge in [0, 0.05) is 29.5 Å². The van der Waals surface area contributed by atoms with Crippen molar-refractivity contribution < 1.29 is 0 Å². The zero-order valence-corrected chi connectivity index (χ0v) is 11.0. The normalized spacial score (nSPS) is 11.5. The van der Waals surface area contributed by atoms with Crippen LogP contribution >= 0.6 is 11.6 Å². The molecule has 0 fully saturated rings. The topological polar surface area (TPSA) is 19.0 Å². The van der Waals surface area contributed by atoms with E-state index in [0.717, 1.165) is 31.8 Å². The average molecular weight is 251 g/mol. The fraction of sp³-hybridized carbons (Fsp3) is 0.429. The van der Waals surface area contributed by atoms with Crippen LogP contribution in [0.3, 0.4) is 0 Å². The minimum Gasteiger partial charge on any atom is -0.361 e. The Hall–Kier alpha value is -0.990. The second kappa shape index (κ2) is 6.08. The van der Waals surface area contributed by atoms with E-state index in [4.69, 9.17) is 11.6 Å². The molecule has 0 aliphatic heterocycles. The largest absolute Gasteiger partial charge is 0.361 e. The highest BCUT2D eigenvalue weighted by Crippen LogP contribution is 2.18. The van der Waals surface area contributed by atoms with E-state index in [-0.39, 0.29) is 0 Å². The lowest BCUT2D eigenvalue weighted by Gasteiger charge is -2.15. The van der Waals surface area contributed by atoms with Gasteiger partial charge in [0.25, 0.3) is 0 Å². The molecule has 3 heteroatoms. The summed E-state index contributed by atoms with van der Waals surface area (Å²) in [6.07, 6.45) is 4.27. The number of rotatable bonds is 6. The standard InChI is InChI=1S/C14H19ClN2/c1-17(9-4-8-15)10-7-12-11-16-14-6-3-2-5-13(12)14/h2-3,5-6,11,16H,4,7-10H2,1H3. The van der Waals surface area contributed by atoms with Crippen LogP contribution < -0.4 is 0 Å². The van der Waals surface area contributed by atoms with Gasteiger partial charge in [-0.1, -0.05) is 18.2 Å². The van der Waals surface area contributed by atoms with E-state index < -0.39 is 0 Å². The minimum absolute atomic E-state index is 0.747. The summed E-state index contributed by atoms with van der Waals surface area (Å²) < 4.78 is 0. The lowest BCUT2D eigenvalue weighted by molar-refractivity contribution is 0.340. The van der Waals surface area contributed by atoms with E-state index >= 15 is 0 Å². The first-order chi connectivity index (χ1) is 8.31. The van der Waals surface area contributed by atoms with E-state index in [1.807, 2.05) is 0 Å². The number of halogens is 1. The molecule has 0 amide bonds. The van der Waals surface area contributed by atoms with Gasteiger partial charge in [-0.3, -0.25) is 0 Å². The zero-order chi connectivity index (χ0) is 12.1. The molecule has 1 N–H and O–H groups in total. The Kier molecular flexibility index (Phi) is 4.46. The molecule has 0 aliphatic carbocycles. The maximum atomic E-state index is 5.69. The first-order valence-electron chi connectivity index (χ1n) is 6.11. The van der Waals surface area contributed by atoms with Crippen LogP contribution in [0.15, 0.2) is 30.5 Å². The number of nitrogens with zero attached hydrogens (tertiary/aromatic N) is 1. The highest BCUT2D eigenvalue weighted by molar-refractivity contribution is 6.17.